The predicted molar refractivity (Wildman–Crippen MR) is 119 cm³/mol. The van der Waals surface area contributed by atoms with Crippen LogP contribution in [0.5, 0.6) is 17.2 Å². The molecular weight excluding hydrogens is 425 g/mol. The zero-order valence-corrected chi connectivity index (χ0v) is 17.9. The number of anilines is 1. The smallest absolute Gasteiger partial charge is 0.291 e. The Labute approximate surface area is 189 Å². The summed E-state index contributed by atoms with van der Waals surface area (Å²) in [7, 11) is 3.16. The summed E-state index contributed by atoms with van der Waals surface area (Å²) in [6, 6.07) is 17.0. The van der Waals surface area contributed by atoms with Crippen LogP contribution in [-0.2, 0) is 10.5 Å². The number of para-hydroxylation sites is 1. The van der Waals surface area contributed by atoms with Crippen molar-refractivity contribution in [3.8, 4) is 17.2 Å². The van der Waals surface area contributed by atoms with E-state index in [2.05, 4.69) is 10.7 Å². The predicted octanol–water partition coefficient (Wildman–Crippen LogP) is 3.94. The van der Waals surface area contributed by atoms with E-state index in [0.717, 1.165) is 22.6 Å². The second-order valence-corrected chi connectivity index (χ2v) is 8.00. The summed E-state index contributed by atoms with van der Waals surface area (Å²) in [5, 5.41) is 4.57. The zero-order chi connectivity index (χ0) is 22.7. The van der Waals surface area contributed by atoms with Gasteiger partial charge in [0.05, 0.1) is 31.6 Å². The van der Waals surface area contributed by atoms with Gasteiger partial charge in [0.25, 0.3) is 11.6 Å². The summed E-state index contributed by atoms with van der Waals surface area (Å²) in [6.45, 7) is 0. The molecule has 1 spiro atoms. The Kier molecular flexibility index (Phi) is 4.15. The molecule has 2 N–H and O–H groups in total. The number of hydrogen-bond donors (Lipinski definition) is 2. The van der Waals surface area contributed by atoms with Gasteiger partial charge in [-0.15, -0.1) is 0 Å². The molecule has 2 atom stereocenters. The molecule has 0 bridgehead atoms. The van der Waals surface area contributed by atoms with Gasteiger partial charge in [-0.3, -0.25) is 4.79 Å². The number of hydrazine groups is 1. The molecule has 3 aliphatic rings. The molecule has 1 amide bonds. The molecule has 8 heteroatoms. The van der Waals surface area contributed by atoms with E-state index in [1.807, 2.05) is 42.5 Å². The first-order valence-electron chi connectivity index (χ1n) is 10.4. The van der Waals surface area contributed by atoms with E-state index < -0.39 is 17.4 Å². The first-order valence-corrected chi connectivity index (χ1v) is 10.4. The first kappa shape index (κ1) is 19.6. The molecule has 0 fully saturated rings. The highest BCUT2D eigenvalue weighted by molar-refractivity contribution is 6.05. The Balaban J connectivity index is 1.55. The number of methoxy groups -OCH3 is 2. The molecule has 0 radical (unpaired) electrons. The van der Waals surface area contributed by atoms with Crippen molar-refractivity contribution in [1.82, 2.24) is 10.4 Å². The van der Waals surface area contributed by atoms with Crippen LogP contribution >= 0.6 is 0 Å². The monoisotopic (exact) mass is 445 g/mol. The van der Waals surface area contributed by atoms with Crippen LogP contribution in [0.2, 0.25) is 0 Å². The number of amides is 1. The van der Waals surface area contributed by atoms with E-state index in [0.29, 0.717) is 22.7 Å². The molecule has 33 heavy (non-hydrogen) atoms. The Morgan fingerprint density at radius 1 is 1.06 bits per heavy atom. The number of halogens is 1. The molecular formula is C25H20FN3O4. The molecule has 3 heterocycles. The van der Waals surface area contributed by atoms with Gasteiger partial charge in [0, 0.05) is 11.1 Å². The third kappa shape index (κ3) is 2.67. The van der Waals surface area contributed by atoms with Crippen molar-refractivity contribution in [3.63, 3.8) is 0 Å². The van der Waals surface area contributed by atoms with Gasteiger partial charge in [-0.05, 0) is 60.2 Å². The minimum absolute atomic E-state index is 0.374. The lowest BCUT2D eigenvalue weighted by molar-refractivity contribution is -0.166. The van der Waals surface area contributed by atoms with Gasteiger partial charge >= 0.3 is 0 Å². The summed E-state index contributed by atoms with van der Waals surface area (Å²) in [5.74, 6) is 0.808. The van der Waals surface area contributed by atoms with Gasteiger partial charge in [0.1, 0.15) is 11.6 Å². The van der Waals surface area contributed by atoms with Gasteiger partial charge in [-0.1, -0.05) is 12.1 Å². The molecule has 3 aliphatic heterocycles. The number of fused-ring (bicyclic) bond motifs is 6. The topological polar surface area (TPSA) is 72.1 Å². The van der Waals surface area contributed by atoms with E-state index in [1.54, 1.807) is 31.4 Å². The summed E-state index contributed by atoms with van der Waals surface area (Å²) in [5.41, 5.74) is 5.14. The van der Waals surface area contributed by atoms with E-state index >= 15 is 0 Å². The molecule has 7 nitrogen and oxygen atoms in total. The van der Waals surface area contributed by atoms with Crippen LogP contribution in [0.3, 0.4) is 0 Å². The van der Waals surface area contributed by atoms with Gasteiger partial charge in [0.2, 0.25) is 0 Å². The highest BCUT2D eigenvalue weighted by atomic mass is 19.1. The molecule has 166 valence electrons. The van der Waals surface area contributed by atoms with Crippen molar-refractivity contribution < 1.29 is 23.4 Å². The lowest BCUT2D eigenvalue weighted by Crippen LogP contribution is -2.60. The fraction of sp³-hybridized carbons (Fsp3) is 0.160. The van der Waals surface area contributed by atoms with Crippen molar-refractivity contribution in [2.75, 3.05) is 19.5 Å². The van der Waals surface area contributed by atoms with Crippen LogP contribution in [0.25, 0.3) is 5.70 Å². The number of ether oxygens (including phenoxy) is 3. The molecule has 0 aliphatic carbocycles. The van der Waals surface area contributed by atoms with Gasteiger partial charge in [0.15, 0.2) is 11.5 Å². The maximum absolute atomic E-state index is 14.3. The van der Waals surface area contributed by atoms with Crippen molar-refractivity contribution in [1.29, 1.82) is 0 Å². The molecule has 6 rings (SSSR count). The largest absolute Gasteiger partial charge is 0.497 e. The van der Waals surface area contributed by atoms with Gasteiger partial charge < -0.3 is 25.0 Å². The number of nitrogens with zero attached hydrogens (tertiary/aromatic N) is 1. The Morgan fingerprint density at radius 3 is 2.64 bits per heavy atom. The maximum atomic E-state index is 14.3. The molecule has 3 aromatic rings. The van der Waals surface area contributed by atoms with Crippen molar-refractivity contribution in [3.05, 3.63) is 89.2 Å². The number of carbonyl (C=O) groups excluding carboxylic acids is 1. The second-order valence-electron chi connectivity index (χ2n) is 8.00. The lowest BCUT2D eigenvalue weighted by atomic mass is 9.94. The molecule has 0 saturated heterocycles. The SMILES string of the molecule is COc1ccc(C2=CC3c4cccc(OC)c4OC4(C(=O)Nc5ccc(F)cc54)N3N2)cc1. The number of carbonyl (C=O) groups is 1. The van der Waals surface area contributed by atoms with Crippen LogP contribution in [0, 0.1) is 5.82 Å². The van der Waals surface area contributed by atoms with Crippen molar-refractivity contribution in [2.45, 2.75) is 11.8 Å². The maximum Gasteiger partial charge on any atom is 0.291 e. The van der Waals surface area contributed by atoms with Crippen LogP contribution < -0.4 is 25.0 Å². The highest BCUT2D eigenvalue weighted by Gasteiger charge is 2.61. The number of benzene rings is 3. The molecule has 2 unspecified atom stereocenters. The summed E-state index contributed by atoms with van der Waals surface area (Å²) in [4.78, 5) is 13.5. The third-order valence-electron chi connectivity index (χ3n) is 6.28. The highest BCUT2D eigenvalue weighted by Crippen LogP contribution is 2.55. The molecule has 3 aromatic carbocycles. The Bertz CT molecular complexity index is 1320. The van der Waals surface area contributed by atoms with Crippen LogP contribution in [0.1, 0.15) is 22.7 Å². The van der Waals surface area contributed by atoms with Crippen molar-refractivity contribution in [2.24, 2.45) is 0 Å². The van der Waals surface area contributed by atoms with Crippen LogP contribution in [0.15, 0.2) is 66.7 Å². The standard InChI is InChI=1S/C25H20FN3O4/c1-31-16-9-6-14(7-10-16)20-13-21-17-4-3-5-22(32-2)23(17)33-25(29(21)28-20)18-12-15(26)8-11-19(18)27-24(25)30/h3-13,21,28H,1-2H3,(H,27,30). The van der Waals surface area contributed by atoms with Crippen LogP contribution in [0.4, 0.5) is 10.1 Å². The van der Waals surface area contributed by atoms with Gasteiger partial charge in [-0.2, -0.15) is 5.01 Å². The van der Waals surface area contributed by atoms with E-state index in [-0.39, 0.29) is 6.04 Å². The Hall–Kier alpha value is -4.04. The Morgan fingerprint density at radius 2 is 1.88 bits per heavy atom. The molecule has 0 aromatic heterocycles. The minimum atomic E-state index is -1.63. The lowest BCUT2D eigenvalue weighted by Gasteiger charge is -2.44. The van der Waals surface area contributed by atoms with E-state index in [1.165, 1.54) is 12.1 Å². The summed E-state index contributed by atoms with van der Waals surface area (Å²) < 4.78 is 31.6. The summed E-state index contributed by atoms with van der Waals surface area (Å²) in [6.07, 6.45) is 2.02. The normalized spacial score (nSPS) is 22.5. The number of hydrogen-bond acceptors (Lipinski definition) is 6. The zero-order valence-electron chi connectivity index (χ0n) is 17.9. The fourth-order valence-corrected chi connectivity index (χ4v) is 4.71. The summed E-state index contributed by atoms with van der Waals surface area (Å²) >= 11 is 0. The third-order valence-corrected chi connectivity index (χ3v) is 6.28. The fourth-order valence-electron chi connectivity index (χ4n) is 4.71. The molecule has 0 saturated carbocycles. The average molecular weight is 445 g/mol. The van der Waals surface area contributed by atoms with Crippen molar-refractivity contribution >= 4 is 17.3 Å². The van der Waals surface area contributed by atoms with E-state index in [4.69, 9.17) is 14.2 Å². The van der Waals surface area contributed by atoms with Crippen LogP contribution in [-0.4, -0.2) is 25.1 Å². The number of nitrogens with one attached hydrogen (secondary N) is 2. The van der Waals surface area contributed by atoms with E-state index in [9.17, 15) is 9.18 Å². The second kappa shape index (κ2) is 6.98. The minimum Gasteiger partial charge on any atom is -0.497 e. The average Bonchev–Trinajstić information content (AvgIpc) is 3.40. The van der Waals surface area contributed by atoms with Gasteiger partial charge in [-0.25, -0.2) is 4.39 Å². The first-order chi connectivity index (χ1) is 16.0. The quantitative estimate of drug-likeness (QED) is 0.636. The number of rotatable bonds is 3.